The van der Waals surface area contributed by atoms with Gasteiger partial charge >= 0.3 is 6.18 Å². The normalized spacial score (nSPS) is 20.2. The van der Waals surface area contributed by atoms with Gasteiger partial charge in [0.15, 0.2) is 0 Å². The van der Waals surface area contributed by atoms with Crippen molar-refractivity contribution in [2.24, 2.45) is 5.92 Å². The standard InChI is InChI=1S/C27H32F3N3O2/c1-18(2)15-23-25(35)33(17-20-5-4-6-22(16-20)27(28,29)30)26(31-23)11-13-32(14-12-26)24(34)21-9-7-19(3)8-10-21/h4-10,16,18,23,31H,11-15,17H2,1-3H3/t23-/m0/s1. The molecule has 1 N–H and O–H groups in total. The van der Waals surface area contributed by atoms with Gasteiger partial charge in [-0.05, 0) is 49.1 Å². The maximum absolute atomic E-state index is 13.4. The van der Waals surface area contributed by atoms with Gasteiger partial charge in [0, 0.05) is 38.0 Å². The number of alkyl halides is 3. The number of hydrogen-bond acceptors (Lipinski definition) is 3. The predicted octanol–water partition coefficient (Wildman–Crippen LogP) is 4.99. The highest BCUT2D eigenvalue weighted by atomic mass is 19.4. The van der Waals surface area contributed by atoms with Crippen molar-refractivity contribution in [1.29, 1.82) is 0 Å². The Morgan fingerprint density at radius 2 is 1.77 bits per heavy atom. The summed E-state index contributed by atoms with van der Waals surface area (Å²) in [6, 6.07) is 12.2. The lowest BCUT2D eigenvalue weighted by atomic mass is 9.94. The first kappa shape index (κ1) is 25.2. The van der Waals surface area contributed by atoms with Crippen LogP contribution in [0.5, 0.6) is 0 Å². The van der Waals surface area contributed by atoms with Crippen LogP contribution in [0, 0.1) is 12.8 Å². The first-order valence-corrected chi connectivity index (χ1v) is 12.1. The molecular weight excluding hydrogens is 455 g/mol. The number of halogens is 3. The zero-order valence-electron chi connectivity index (χ0n) is 20.4. The van der Waals surface area contributed by atoms with E-state index in [1.54, 1.807) is 15.9 Å². The van der Waals surface area contributed by atoms with Gasteiger partial charge in [-0.3, -0.25) is 14.9 Å². The van der Waals surface area contributed by atoms with Crippen LogP contribution in [0.3, 0.4) is 0 Å². The average molecular weight is 488 g/mol. The maximum atomic E-state index is 13.4. The lowest BCUT2D eigenvalue weighted by molar-refractivity contribution is -0.137. The molecule has 4 rings (SSSR count). The Labute approximate surface area is 204 Å². The molecule has 1 atom stereocenters. The van der Waals surface area contributed by atoms with Crippen molar-refractivity contribution in [2.75, 3.05) is 13.1 Å². The zero-order chi connectivity index (χ0) is 25.4. The fourth-order valence-electron chi connectivity index (χ4n) is 5.12. The second-order valence-corrected chi connectivity index (χ2v) is 10.1. The van der Waals surface area contributed by atoms with E-state index in [-0.39, 0.29) is 30.3 Å². The van der Waals surface area contributed by atoms with Gasteiger partial charge < -0.3 is 9.80 Å². The number of carbonyl (C=O) groups excluding carboxylic acids is 2. The Balaban J connectivity index is 1.55. The minimum absolute atomic E-state index is 0.0488. The number of carbonyl (C=O) groups is 2. The number of nitrogens with zero attached hydrogens (tertiary/aromatic N) is 2. The smallest absolute Gasteiger partial charge is 0.338 e. The molecule has 2 amide bonds. The first-order valence-electron chi connectivity index (χ1n) is 12.1. The summed E-state index contributed by atoms with van der Waals surface area (Å²) in [5, 5.41) is 3.53. The van der Waals surface area contributed by atoms with Crippen LogP contribution >= 0.6 is 0 Å². The molecule has 0 bridgehead atoms. The van der Waals surface area contributed by atoms with Crippen molar-refractivity contribution in [3.05, 3.63) is 70.8 Å². The van der Waals surface area contributed by atoms with E-state index >= 15 is 0 Å². The summed E-state index contributed by atoms with van der Waals surface area (Å²) >= 11 is 0. The molecule has 188 valence electrons. The number of nitrogens with one attached hydrogen (secondary N) is 1. The highest BCUT2D eigenvalue weighted by Gasteiger charge is 2.51. The fourth-order valence-corrected chi connectivity index (χ4v) is 5.12. The van der Waals surface area contributed by atoms with Crippen LogP contribution in [0.4, 0.5) is 13.2 Å². The van der Waals surface area contributed by atoms with Gasteiger partial charge in [-0.25, -0.2) is 0 Å². The molecule has 0 aromatic heterocycles. The summed E-state index contributed by atoms with van der Waals surface area (Å²) in [5.41, 5.74) is 0.739. The molecule has 2 saturated heterocycles. The van der Waals surface area contributed by atoms with Crippen molar-refractivity contribution in [2.45, 2.75) is 64.5 Å². The fraction of sp³-hybridized carbons (Fsp3) is 0.481. The Hall–Kier alpha value is -2.87. The SMILES string of the molecule is Cc1ccc(C(=O)N2CCC3(CC2)N[C@@H](CC(C)C)C(=O)N3Cc2cccc(C(F)(F)F)c2)cc1. The summed E-state index contributed by atoms with van der Waals surface area (Å²) < 4.78 is 39.8. The third-order valence-electron chi connectivity index (χ3n) is 7.00. The summed E-state index contributed by atoms with van der Waals surface area (Å²) in [6.07, 6.45) is -2.76. The Bertz CT molecular complexity index is 1070. The van der Waals surface area contributed by atoms with Crippen molar-refractivity contribution in [1.82, 2.24) is 15.1 Å². The van der Waals surface area contributed by atoms with E-state index in [0.29, 0.717) is 43.5 Å². The molecule has 2 aromatic rings. The van der Waals surface area contributed by atoms with Crippen LogP contribution in [0.25, 0.3) is 0 Å². The minimum Gasteiger partial charge on any atom is -0.338 e. The summed E-state index contributed by atoms with van der Waals surface area (Å²) in [4.78, 5) is 29.9. The zero-order valence-corrected chi connectivity index (χ0v) is 20.4. The third-order valence-corrected chi connectivity index (χ3v) is 7.00. The van der Waals surface area contributed by atoms with Crippen molar-refractivity contribution < 1.29 is 22.8 Å². The number of aryl methyl sites for hydroxylation is 1. The lowest BCUT2D eigenvalue weighted by Crippen LogP contribution is -2.59. The molecule has 2 aliphatic rings. The number of rotatable bonds is 5. The molecule has 2 aliphatic heterocycles. The van der Waals surface area contributed by atoms with E-state index in [9.17, 15) is 22.8 Å². The second kappa shape index (κ2) is 9.64. The molecule has 0 unspecified atom stereocenters. The molecular formula is C27H32F3N3O2. The predicted molar refractivity (Wildman–Crippen MR) is 127 cm³/mol. The number of amides is 2. The molecule has 2 heterocycles. The maximum Gasteiger partial charge on any atom is 0.416 e. The largest absolute Gasteiger partial charge is 0.416 e. The van der Waals surface area contributed by atoms with Gasteiger partial charge in [0.05, 0.1) is 17.3 Å². The first-order chi connectivity index (χ1) is 16.5. The molecule has 2 fully saturated rings. The molecule has 0 saturated carbocycles. The minimum atomic E-state index is -4.44. The molecule has 1 spiro atoms. The highest BCUT2D eigenvalue weighted by Crippen LogP contribution is 2.36. The molecule has 8 heteroatoms. The van der Waals surface area contributed by atoms with E-state index in [2.05, 4.69) is 5.32 Å². The molecule has 0 radical (unpaired) electrons. The summed E-state index contributed by atoms with van der Waals surface area (Å²) in [6.45, 7) is 7.06. The summed E-state index contributed by atoms with van der Waals surface area (Å²) in [7, 11) is 0. The van der Waals surface area contributed by atoms with Gasteiger partial charge in [-0.1, -0.05) is 43.7 Å². The van der Waals surface area contributed by atoms with Gasteiger partial charge in [0.1, 0.15) is 0 Å². The van der Waals surface area contributed by atoms with E-state index in [0.717, 1.165) is 17.7 Å². The Morgan fingerprint density at radius 3 is 2.37 bits per heavy atom. The van der Waals surface area contributed by atoms with Crippen LogP contribution in [-0.2, 0) is 17.5 Å². The third kappa shape index (κ3) is 5.37. The monoisotopic (exact) mass is 487 g/mol. The Morgan fingerprint density at radius 1 is 1.11 bits per heavy atom. The number of hydrogen-bond donors (Lipinski definition) is 1. The van der Waals surface area contributed by atoms with E-state index < -0.39 is 17.4 Å². The molecule has 0 aliphatic carbocycles. The van der Waals surface area contributed by atoms with E-state index in [4.69, 9.17) is 0 Å². The number of piperidine rings is 1. The average Bonchev–Trinajstić information content (AvgIpc) is 3.04. The van der Waals surface area contributed by atoms with Crippen LogP contribution < -0.4 is 5.32 Å². The van der Waals surface area contributed by atoms with Gasteiger partial charge in [-0.15, -0.1) is 0 Å². The van der Waals surface area contributed by atoms with E-state index in [1.165, 1.54) is 6.07 Å². The van der Waals surface area contributed by atoms with E-state index in [1.807, 2.05) is 45.0 Å². The molecule has 35 heavy (non-hydrogen) atoms. The van der Waals surface area contributed by atoms with Gasteiger partial charge in [-0.2, -0.15) is 13.2 Å². The quantitative estimate of drug-likeness (QED) is 0.646. The highest BCUT2D eigenvalue weighted by molar-refractivity contribution is 5.94. The lowest BCUT2D eigenvalue weighted by Gasteiger charge is -2.44. The van der Waals surface area contributed by atoms with Crippen LogP contribution in [0.1, 0.15) is 60.2 Å². The second-order valence-electron chi connectivity index (χ2n) is 10.1. The van der Waals surface area contributed by atoms with Crippen molar-refractivity contribution in [3.63, 3.8) is 0 Å². The summed E-state index contributed by atoms with van der Waals surface area (Å²) in [5.74, 6) is 0.145. The van der Waals surface area contributed by atoms with Crippen LogP contribution in [0.2, 0.25) is 0 Å². The Kier molecular flexibility index (Phi) is 6.95. The van der Waals surface area contributed by atoms with Crippen molar-refractivity contribution >= 4 is 11.8 Å². The number of likely N-dealkylation sites (tertiary alicyclic amines) is 1. The number of benzene rings is 2. The van der Waals surface area contributed by atoms with Gasteiger partial charge in [0.2, 0.25) is 5.91 Å². The van der Waals surface area contributed by atoms with Crippen LogP contribution in [-0.4, -0.2) is 46.4 Å². The van der Waals surface area contributed by atoms with Crippen LogP contribution in [0.15, 0.2) is 48.5 Å². The van der Waals surface area contributed by atoms with Crippen molar-refractivity contribution in [3.8, 4) is 0 Å². The molecule has 5 nitrogen and oxygen atoms in total. The molecule has 2 aromatic carbocycles. The topological polar surface area (TPSA) is 52.7 Å². The van der Waals surface area contributed by atoms with Gasteiger partial charge in [0.25, 0.3) is 5.91 Å².